The number of phenolic OH excluding ortho intramolecular Hbond substituents is 2. The van der Waals surface area contributed by atoms with Crippen molar-refractivity contribution in [3.63, 3.8) is 0 Å². The molecule has 4 N–H and O–H groups in total. The van der Waals surface area contributed by atoms with Crippen LogP contribution >= 0.6 is 11.3 Å². The molecule has 4 rings (SSSR count). The van der Waals surface area contributed by atoms with Crippen LogP contribution in [-0.4, -0.2) is 58.5 Å². The molecule has 1 unspecified atom stereocenters. The normalized spacial score (nSPS) is 17.2. The number of fused-ring (bicyclic) bond motifs is 1. The van der Waals surface area contributed by atoms with E-state index in [1.165, 1.54) is 24.5 Å². The molecule has 11 nitrogen and oxygen atoms in total. The standard InChI is InChI=1S/C33H37N3O8S/c1-20-7-6-10-23(37)9-5-3-4-8-22-17-26(38)30(31(41)29(22)32(42)44-20)25(21-11-13-24(43-2)14-12-21)18-27(39)35-19-28(40)36-33-34-15-16-45-33/h4,8,11-17,20,25,38,41H,3,5-7,9-10,18-19H2,1-2H3,(H,35,39)(H,34,36,40)/b8-4+/t20-,25?/m0/s1. The molecule has 0 bridgehead atoms. The van der Waals surface area contributed by atoms with Gasteiger partial charge in [0.2, 0.25) is 11.8 Å². The molecule has 0 aliphatic carbocycles. The Morgan fingerprint density at radius 2 is 1.89 bits per heavy atom. The summed E-state index contributed by atoms with van der Waals surface area (Å²) in [6.45, 7) is 1.40. The summed E-state index contributed by atoms with van der Waals surface area (Å²) in [7, 11) is 1.51. The van der Waals surface area contributed by atoms with Gasteiger partial charge in [-0.2, -0.15) is 0 Å². The van der Waals surface area contributed by atoms with Crippen molar-refractivity contribution in [2.75, 3.05) is 19.0 Å². The summed E-state index contributed by atoms with van der Waals surface area (Å²) >= 11 is 1.24. The van der Waals surface area contributed by atoms with E-state index in [1.807, 2.05) is 0 Å². The Morgan fingerprint density at radius 3 is 2.60 bits per heavy atom. The van der Waals surface area contributed by atoms with Crippen molar-refractivity contribution >= 4 is 46.1 Å². The number of ether oxygens (including phenoxy) is 2. The monoisotopic (exact) mass is 635 g/mol. The van der Waals surface area contributed by atoms with Crippen LogP contribution in [0.4, 0.5) is 5.13 Å². The number of carbonyl (C=O) groups excluding carboxylic acids is 4. The van der Waals surface area contributed by atoms with Gasteiger partial charge in [-0.05, 0) is 61.9 Å². The lowest BCUT2D eigenvalue weighted by Gasteiger charge is -2.23. The van der Waals surface area contributed by atoms with Gasteiger partial charge in [0, 0.05) is 42.3 Å². The van der Waals surface area contributed by atoms with Crippen LogP contribution in [0.2, 0.25) is 0 Å². The fourth-order valence-corrected chi connectivity index (χ4v) is 5.67. The maximum absolute atomic E-state index is 13.5. The SMILES string of the molecule is COc1ccc(C(CC(=O)NCC(=O)Nc2nccs2)c2c(O)cc3c(c2O)C(=O)O[C@@H](C)CCCC(=O)CCC/C=C/3)cc1. The largest absolute Gasteiger partial charge is 0.507 e. The average molecular weight is 636 g/mol. The Labute approximate surface area is 265 Å². The first kappa shape index (κ1) is 33.2. The molecule has 1 aromatic heterocycles. The van der Waals surface area contributed by atoms with Crippen molar-refractivity contribution in [1.29, 1.82) is 0 Å². The zero-order valence-electron chi connectivity index (χ0n) is 25.2. The van der Waals surface area contributed by atoms with E-state index in [4.69, 9.17) is 9.47 Å². The summed E-state index contributed by atoms with van der Waals surface area (Å²) in [6, 6.07) is 8.10. The van der Waals surface area contributed by atoms with Crippen molar-refractivity contribution in [3.8, 4) is 17.2 Å². The number of cyclic esters (lactones) is 1. The molecule has 0 fully saturated rings. The Hall–Kier alpha value is -4.71. The molecule has 238 valence electrons. The second kappa shape index (κ2) is 15.8. The van der Waals surface area contributed by atoms with Crippen LogP contribution in [0.5, 0.6) is 17.2 Å². The van der Waals surface area contributed by atoms with E-state index in [1.54, 1.807) is 54.9 Å². The fourth-order valence-electron chi connectivity index (χ4n) is 5.13. The molecule has 2 aromatic carbocycles. The number of allylic oxidation sites excluding steroid dienone is 1. The number of nitrogens with zero attached hydrogens (tertiary/aromatic N) is 1. The van der Waals surface area contributed by atoms with E-state index in [9.17, 15) is 29.4 Å². The highest BCUT2D eigenvalue weighted by molar-refractivity contribution is 7.13. The molecule has 3 aromatic rings. The van der Waals surface area contributed by atoms with Gasteiger partial charge >= 0.3 is 5.97 Å². The second-order valence-electron chi connectivity index (χ2n) is 10.8. The predicted molar refractivity (Wildman–Crippen MR) is 170 cm³/mol. The van der Waals surface area contributed by atoms with Crippen LogP contribution in [0.15, 0.2) is 48.0 Å². The first-order valence-electron chi connectivity index (χ1n) is 14.7. The number of thiazole rings is 1. The number of rotatable bonds is 8. The number of esters is 1. The summed E-state index contributed by atoms with van der Waals surface area (Å²) in [6.07, 6.45) is 7.22. The number of Topliss-reactive ketones (excluding diaryl/α,β-unsaturated/α-hetero) is 1. The molecule has 2 atom stereocenters. The lowest BCUT2D eigenvalue weighted by atomic mass is 9.84. The molecule has 1 aliphatic heterocycles. The van der Waals surface area contributed by atoms with Crippen molar-refractivity contribution in [2.24, 2.45) is 0 Å². The summed E-state index contributed by atoms with van der Waals surface area (Å²) < 4.78 is 10.9. The van der Waals surface area contributed by atoms with Gasteiger partial charge in [0.15, 0.2) is 5.13 Å². The number of amides is 2. The van der Waals surface area contributed by atoms with E-state index >= 15 is 0 Å². The van der Waals surface area contributed by atoms with E-state index in [2.05, 4.69) is 15.6 Å². The topological polar surface area (TPSA) is 164 Å². The van der Waals surface area contributed by atoms with Gasteiger partial charge in [0.25, 0.3) is 0 Å². The van der Waals surface area contributed by atoms with Crippen molar-refractivity contribution in [3.05, 3.63) is 70.2 Å². The summed E-state index contributed by atoms with van der Waals surface area (Å²) in [5.41, 5.74) is 0.615. The molecular formula is C33H37N3O8S. The van der Waals surface area contributed by atoms with Gasteiger partial charge in [-0.3, -0.25) is 14.4 Å². The van der Waals surface area contributed by atoms with Crippen LogP contribution in [0, 0.1) is 0 Å². The highest BCUT2D eigenvalue weighted by Crippen LogP contribution is 2.44. The number of carbonyl (C=O) groups is 4. The molecule has 0 saturated carbocycles. The summed E-state index contributed by atoms with van der Waals surface area (Å²) in [5, 5.41) is 30.2. The lowest BCUT2D eigenvalue weighted by molar-refractivity contribution is -0.124. The second-order valence-corrected chi connectivity index (χ2v) is 11.7. The predicted octanol–water partition coefficient (Wildman–Crippen LogP) is 5.32. The third kappa shape index (κ3) is 9.15. The summed E-state index contributed by atoms with van der Waals surface area (Å²) in [4.78, 5) is 55.1. The Kier molecular flexibility index (Phi) is 11.7. The van der Waals surface area contributed by atoms with Crippen LogP contribution < -0.4 is 15.4 Å². The van der Waals surface area contributed by atoms with E-state index in [-0.39, 0.29) is 41.2 Å². The lowest BCUT2D eigenvalue weighted by Crippen LogP contribution is -2.33. The number of aromatic nitrogens is 1. The number of hydrogen-bond acceptors (Lipinski definition) is 10. The first-order valence-corrected chi connectivity index (χ1v) is 15.6. The molecule has 12 heteroatoms. The van der Waals surface area contributed by atoms with Crippen LogP contribution in [0.1, 0.15) is 84.8 Å². The Bertz CT molecular complexity index is 1540. The Balaban J connectivity index is 1.69. The number of ketones is 1. The third-order valence-corrected chi connectivity index (χ3v) is 8.12. The number of hydrogen-bond donors (Lipinski definition) is 4. The number of anilines is 1. The number of benzene rings is 2. The number of aromatic hydroxyl groups is 2. The number of methoxy groups -OCH3 is 1. The van der Waals surface area contributed by atoms with Crippen LogP contribution in [0.25, 0.3) is 6.08 Å². The third-order valence-electron chi connectivity index (χ3n) is 7.43. The molecule has 2 amide bonds. The zero-order valence-corrected chi connectivity index (χ0v) is 26.0. The molecule has 0 spiro atoms. The zero-order chi connectivity index (χ0) is 32.3. The molecular weight excluding hydrogens is 598 g/mol. The quantitative estimate of drug-likeness (QED) is 0.240. The van der Waals surface area contributed by atoms with Crippen molar-refractivity contribution in [2.45, 2.75) is 63.9 Å². The van der Waals surface area contributed by atoms with E-state index < -0.39 is 35.6 Å². The number of phenols is 2. The first-order chi connectivity index (χ1) is 21.7. The molecule has 0 radical (unpaired) electrons. The van der Waals surface area contributed by atoms with Crippen molar-refractivity contribution in [1.82, 2.24) is 10.3 Å². The highest BCUT2D eigenvalue weighted by Gasteiger charge is 2.31. The molecule has 2 heterocycles. The maximum Gasteiger partial charge on any atom is 0.342 e. The minimum Gasteiger partial charge on any atom is -0.507 e. The van der Waals surface area contributed by atoms with Crippen LogP contribution in [0.3, 0.4) is 0 Å². The van der Waals surface area contributed by atoms with E-state index in [0.29, 0.717) is 55.0 Å². The van der Waals surface area contributed by atoms with Gasteiger partial charge in [-0.25, -0.2) is 9.78 Å². The minimum atomic E-state index is -0.920. The highest BCUT2D eigenvalue weighted by atomic mass is 32.1. The molecule has 1 aliphatic rings. The smallest absolute Gasteiger partial charge is 0.342 e. The van der Waals surface area contributed by atoms with Crippen LogP contribution in [-0.2, 0) is 19.1 Å². The molecule has 0 saturated heterocycles. The van der Waals surface area contributed by atoms with E-state index in [0.717, 1.165) is 0 Å². The number of nitrogens with one attached hydrogen (secondary N) is 2. The van der Waals surface area contributed by atoms with Gasteiger partial charge in [0.05, 0.1) is 19.8 Å². The van der Waals surface area contributed by atoms with Crippen molar-refractivity contribution < 1.29 is 38.9 Å². The fraction of sp³-hybridized carbons (Fsp3) is 0.364. The summed E-state index contributed by atoms with van der Waals surface area (Å²) in [5.74, 6) is -2.83. The van der Waals surface area contributed by atoms with Gasteiger partial charge in [-0.15, -0.1) is 11.3 Å². The van der Waals surface area contributed by atoms with Gasteiger partial charge in [0.1, 0.15) is 28.6 Å². The maximum atomic E-state index is 13.5. The van der Waals surface area contributed by atoms with Gasteiger partial charge in [-0.1, -0.05) is 24.3 Å². The Morgan fingerprint density at radius 1 is 1.13 bits per heavy atom. The van der Waals surface area contributed by atoms with Gasteiger partial charge < -0.3 is 30.3 Å². The average Bonchev–Trinajstić information content (AvgIpc) is 3.51. The molecule has 45 heavy (non-hydrogen) atoms. The minimum absolute atomic E-state index is 0.0361.